The van der Waals surface area contributed by atoms with Crippen molar-refractivity contribution < 1.29 is 0 Å². The molecule has 2 aromatic heterocycles. The summed E-state index contributed by atoms with van der Waals surface area (Å²) in [6, 6.07) is 21.0. The van der Waals surface area contributed by atoms with Gasteiger partial charge in [-0.15, -0.1) is 11.3 Å². The highest BCUT2D eigenvalue weighted by Crippen LogP contribution is 2.23. The van der Waals surface area contributed by atoms with E-state index in [1.807, 2.05) is 19.1 Å². The van der Waals surface area contributed by atoms with Crippen LogP contribution in [0.4, 0.5) is 5.95 Å². The minimum absolute atomic E-state index is 0.684. The maximum Gasteiger partial charge on any atom is 0.223 e. The Morgan fingerprint density at radius 3 is 2.62 bits per heavy atom. The van der Waals surface area contributed by atoms with E-state index in [1.165, 1.54) is 16.7 Å². The average molecular weight is 331 g/mol. The number of thiophene rings is 1. The fourth-order valence-corrected chi connectivity index (χ4v) is 3.55. The largest absolute Gasteiger partial charge is 0.350 e. The molecule has 4 aromatic rings. The average Bonchev–Trinajstić information content (AvgIpc) is 3.10. The van der Waals surface area contributed by atoms with Crippen molar-refractivity contribution in [3.05, 3.63) is 77.3 Å². The number of rotatable bonds is 4. The van der Waals surface area contributed by atoms with Crippen molar-refractivity contribution in [2.45, 2.75) is 13.5 Å². The van der Waals surface area contributed by atoms with Crippen LogP contribution in [-0.2, 0) is 6.54 Å². The third kappa shape index (κ3) is 3.01. The molecular formula is C20H17N3S. The molecule has 0 atom stereocenters. The zero-order chi connectivity index (χ0) is 16.4. The van der Waals surface area contributed by atoms with Crippen LogP contribution >= 0.6 is 11.3 Å². The van der Waals surface area contributed by atoms with Crippen LogP contribution < -0.4 is 5.32 Å². The summed E-state index contributed by atoms with van der Waals surface area (Å²) in [5.41, 5.74) is 5.69. The van der Waals surface area contributed by atoms with Gasteiger partial charge in [-0.05, 0) is 41.1 Å². The van der Waals surface area contributed by atoms with Gasteiger partial charge in [-0.25, -0.2) is 9.97 Å². The van der Waals surface area contributed by atoms with Crippen molar-refractivity contribution in [3.63, 3.8) is 0 Å². The van der Waals surface area contributed by atoms with E-state index in [0.29, 0.717) is 12.5 Å². The Morgan fingerprint density at radius 2 is 1.75 bits per heavy atom. The molecule has 0 bridgehead atoms. The van der Waals surface area contributed by atoms with E-state index in [9.17, 15) is 0 Å². The number of benzene rings is 2. The molecule has 0 aliphatic carbocycles. The smallest absolute Gasteiger partial charge is 0.223 e. The van der Waals surface area contributed by atoms with E-state index in [2.05, 4.69) is 69.2 Å². The van der Waals surface area contributed by atoms with E-state index >= 15 is 0 Å². The van der Waals surface area contributed by atoms with Crippen LogP contribution in [0.2, 0.25) is 0 Å². The Hall–Kier alpha value is -2.72. The molecule has 0 unspecified atom stereocenters. The number of fused-ring (bicyclic) bond motifs is 1. The first kappa shape index (κ1) is 14.8. The summed E-state index contributed by atoms with van der Waals surface area (Å²) in [6.45, 7) is 2.73. The molecule has 0 amide bonds. The molecule has 4 heteroatoms. The van der Waals surface area contributed by atoms with Crippen LogP contribution in [-0.4, -0.2) is 9.97 Å². The summed E-state index contributed by atoms with van der Waals surface area (Å²) in [5, 5.41) is 5.40. The molecule has 3 nitrogen and oxygen atoms in total. The van der Waals surface area contributed by atoms with Gasteiger partial charge in [0.05, 0.1) is 15.9 Å². The summed E-state index contributed by atoms with van der Waals surface area (Å²) in [7, 11) is 0. The Labute approximate surface area is 145 Å². The molecule has 4 rings (SSSR count). The molecular weight excluding hydrogens is 314 g/mol. The van der Waals surface area contributed by atoms with Gasteiger partial charge >= 0.3 is 0 Å². The second kappa shape index (κ2) is 6.42. The molecule has 0 fully saturated rings. The first-order valence-corrected chi connectivity index (χ1v) is 8.78. The number of anilines is 1. The van der Waals surface area contributed by atoms with E-state index in [0.717, 1.165) is 15.9 Å². The lowest BCUT2D eigenvalue weighted by molar-refractivity contribution is 1.06. The Bertz CT molecular complexity index is 977. The van der Waals surface area contributed by atoms with Gasteiger partial charge in [0.25, 0.3) is 0 Å². The number of aryl methyl sites for hydroxylation is 1. The Balaban J connectivity index is 1.55. The van der Waals surface area contributed by atoms with Crippen molar-refractivity contribution in [1.29, 1.82) is 0 Å². The first-order chi connectivity index (χ1) is 11.8. The molecule has 0 aliphatic heterocycles. The van der Waals surface area contributed by atoms with Crippen LogP contribution in [0, 0.1) is 6.92 Å². The van der Waals surface area contributed by atoms with E-state index < -0.39 is 0 Å². The minimum atomic E-state index is 0.684. The number of nitrogens with one attached hydrogen (secondary N) is 1. The van der Waals surface area contributed by atoms with Gasteiger partial charge in [-0.2, -0.15) is 0 Å². The monoisotopic (exact) mass is 331 g/mol. The van der Waals surface area contributed by atoms with Crippen molar-refractivity contribution in [2.75, 3.05) is 5.32 Å². The van der Waals surface area contributed by atoms with Gasteiger partial charge < -0.3 is 5.32 Å². The third-order valence-corrected chi connectivity index (χ3v) is 4.97. The number of aromatic nitrogens is 2. The van der Waals surface area contributed by atoms with E-state index in [4.69, 9.17) is 0 Å². The van der Waals surface area contributed by atoms with Crippen LogP contribution in [0.15, 0.2) is 66.0 Å². The summed E-state index contributed by atoms with van der Waals surface area (Å²) < 4.78 is 1.16. The van der Waals surface area contributed by atoms with Crippen LogP contribution in [0.3, 0.4) is 0 Å². The second-order valence-electron chi connectivity index (χ2n) is 5.69. The molecule has 1 N–H and O–H groups in total. The molecule has 118 valence electrons. The third-order valence-electron chi connectivity index (χ3n) is 3.96. The Morgan fingerprint density at radius 1 is 0.917 bits per heavy atom. The van der Waals surface area contributed by atoms with Gasteiger partial charge in [0, 0.05) is 6.54 Å². The standard InChI is InChI=1S/C20H17N3S/c1-14-19-18(10-11-24-19)23-20(22-14)21-13-15-6-5-9-17(12-15)16-7-3-2-4-8-16/h2-12H,13H2,1H3,(H,21,22,23). The maximum absolute atomic E-state index is 4.58. The summed E-state index contributed by atoms with van der Waals surface area (Å²) in [5.74, 6) is 0.684. The molecule has 0 aliphatic rings. The first-order valence-electron chi connectivity index (χ1n) is 7.90. The number of hydrogen-bond acceptors (Lipinski definition) is 4. The maximum atomic E-state index is 4.58. The van der Waals surface area contributed by atoms with E-state index in [-0.39, 0.29) is 0 Å². The number of nitrogens with zero attached hydrogens (tertiary/aromatic N) is 2. The van der Waals surface area contributed by atoms with Crippen LogP contribution in [0.25, 0.3) is 21.3 Å². The van der Waals surface area contributed by atoms with Crippen molar-refractivity contribution in [1.82, 2.24) is 9.97 Å². The van der Waals surface area contributed by atoms with Gasteiger partial charge in [0.15, 0.2) is 0 Å². The highest BCUT2D eigenvalue weighted by atomic mass is 32.1. The van der Waals surface area contributed by atoms with Gasteiger partial charge in [0.1, 0.15) is 0 Å². The summed E-state index contributed by atoms with van der Waals surface area (Å²) in [4.78, 5) is 9.14. The molecule has 0 radical (unpaired) electrons. The van der Waals surface area contributed by atoms with Crippen LogP contribution in [0.5, 0.6) is 0 Å². The molecule has 2 aromatic carbocycles. The molecule has 0 saturated carbocycles. The number of hydrogen-bond donors (Lipinski definition) is 1. The lowest BCUT2D eigenvalue weighted by Gasteiger charge is -2.08. The SMILES string of the molecule is Cc1nc(NCc2cccc(-c3ccccc3)c2)nc2ccsc12. The van der Waals surface area contributed by atoms with Gasteiger partial charge in [-0.3, -0.25) is 0 Å². The molecule has 0 spiro atoms. The zero-order valence-corrected chi connectivity index (χ0v) is 14.2. The quantitative estimate of drug-likeness (QED) is 0.553. The zero-order valence-electron chi connectivity index (χ0n) is 13.4. The predicted molar refractivity (Wildman–Crippen MR) is 101 cm³/mol. The van der Waals surface area contributed by atoms with Crippen molar-refractivity contribution >= 4 is 27.5 Å². The summed E-state index contributed by atoms with van der Waals surface area (Å²) >= 11 is 1.68. The second-order valence-corrected chi connectivity index (χ2v) is 6.60. The van der Waals surface area contributed by atoms with E-state index in [1.54, 1.807) is 11.3 Å². The van der Waals surface area contributed by atoms with Crippen molar-refractivity contribution in [2.24, 2.45) is 0 Å². The van der Waals surface area contributed by atoms with Gasteiger partial charge in [-0.1, -0.05) is 48.5 Å². The van der Waals surface area contributed by atoms with Crippen molar-refractivity contribution in [3.8, 4) is 11.1 Å². The lowest BCUT2D eigenvalue weighted by Crippen LogP contribution is -2.04. The minimum Gasteiger partial charge on any atom is -0.350 e. The lowest BCUT2D eigenvalue weighted by atomic mass is 10.0. The molecule has 2 heterocycles. The molecule has 0 saturated heterocycles. The fourth-order valence-electron chi connectivity index (χ4n) is 2.76. The summed E-state index contributed by atoms with van der Waals surface area (Å²) in [6.07, 6.45) is 0. The fraction of sp³-hybridized carbons (Fsp3) is 0.100. The van der Waals surface area contributed by atoms with Crippen LogP contribution in [0.1, 0.15) is 11.3 Å². The Kier molecular flexibility index (Phi) is 3.97. The van der Waals surface area contributed by atoms with Gasteiger partial charge in [0.2, 0.25) is 5.95 Å². The highest BCUT2D eigenvalue weighted by Gasteiger charge is 2.06. The molecule has 24 heavy (non-hydrogen) atoms. The topological polar surface area (TPSA) is 37.8 Å². The normalized spacial score (nSPS) is 10.9. The predicted octanol–water partition coefficient (Wildman–Crippen LogP) is 5.28. The highest BCUT2D eigenvalue weighted by molar-refractivity contribution is 7.17.